The molecule has 0 aliphatic heterocycles. The van der Waals surface area contributed by atoms with Gasteiger partial charge in [-0.3, -0.25) is 4.98 Å². The summed E-state index contributed by atoms with van der Waals surface area (Å²) in [5.74, 6) is 5.64. The molecule has 0 radical (unpaired) electrons. The van der Waals surface area contributed by atoms with Gasteiger partial charge in [0.2, 0.25) is 10.0 Å². The van der Waals surface area contributed by atoms with Gasteiger partial charge >= 0.3 is 0 Å². The lowest BCUT2D eigenvalue weighted by molar-refractivity contribution is 0.350. The van der Waals surface area contributed by atoms with E-state index < -0.39 is 10.0 Å². The molecule has 0 atom stereocenters. The number of aliphatic hydroxyl groups is 1. The Kier molecular flexibility index (Phi) is 4.70. The van der Waals surface area contributed by atoms with Gasteiger partial charge in [0.1, 0.15) is 17.3 Å². The average Bonchev–Trinajstić information content (AvgIpc) is 2.89. The van der Waals surface area contributed by atoms with Crippen LogP contribution in [0.2, 0.25) is 0 Å². The molecule has 0 aliphatic carbocycles. The first-order chi connectivity index (χ1) is 10.0. The Bertz CT molecular complexity index is 787. The number of rotatable bonds is 4. The van der Waals surface area contributed by atoms with E-state index in [2.05, 4.69) is 26.7 Å². The van der Waals surface area contributed by atoms with Crippen LogP contribution in [0.1, 0.15) is 17.0 Å². The molecule has 0 unspecified atom stereocenters. The van der Waals surface area contributed by atoms with Crippen molar-refractivity contribution in [3.8, 4) is 11.8 Å². The van der Waals surface area contributed by atoms with Crippen molar-refractivity contribution in [3.63, 3.8) is 0 Å². The largest absolute Gasteiger partial charge is 0.384 e. The summed E-state index contributed by atoms with van der Waals surface area (Å²) >= 11 is 0. The third kappa shape index (κ3) is 4.13. The number of sulfonamides is 1. The first-order valence-corrected chi connectivity index (χ1v) is 7.46. The minimum Gasteiger partial charge on any atom is -0.384 e. The van der Waals surface area contributed by atoms with Crippen LogP contribution in [0.5, 0.6) is 0 Å². The molecular formula is C13H13N3O4S. The second kappa shape index (κ2) is 6.49. The standard InChI is InChI=1S/C13H13N3O4S/c1-10-5-12(16-20-10)8-15-21(18,19)13-6-11(3-2-4-17)7-14-9-13/h5-7,9,15,17H,4,8H2,1H3. The first kappa shape index (κ1) is 15.2. The minimum atomic E-state index is -3.72. The first-order valence-electron chi connectivity index (χ1n) is 5.98. The fourth-order valence-electron chi connectivity index (χ4n) is 1.53. The highest BCUT2D eigenvalue weighted by atomic mass is 32.2. The summed E-state index contributed by atoms with van der Waals surface area (Å²) in [6.07, 6.45) is 2.64. The van der Waals surface area contributed by atoms with Crippen LogP contribution in [-0.2, 0) is 16.6 Å². The van der Waals surface area contributed by atoms with Crippen LogP contribution in [0.3, 0.4) is 0 Å². The van der Waals surface area contributed by atoms with Crippen molar-refractivity contribution in [2.75, 3.05) is 6.61 Å². The smallest absolute Gasteiger partial charge is 0.242 e. The topological polar surface area (TPSA) is 105 Å². The van der Waals surface area contributed by atoms with Crippen LogP contribution in [0.15, 0.2) is 33.9 Å². The second-order valence-corrected chi connectivity index (χ2v) is 5.89. The summed E-state index contributed by atoms with van der Waals surface area (Å²) in [7, 11) is -3.72. The normalized spacial score (nSPS) is 11.0. The Morgan fingerprint density at radius 2 is 2.19 bits per heavy atom. The van der Waals surface area contributed by atoms with E-state index in [-0.39, 0.29) is 18.0 Å². The Labute approximate surface area is 122 Å². The number of aliphatic hydroxyl groups excluding tert-OH is 1. The van der Waals surface area contributed by atoms with Crippen molar-refractivity contribution in [2.24, 2.45) is 0 Å². The van der Waals surface area contributed by atoms with Crippen molar-refractivity contribution in [1.29, 1.82) is 0 Å². The number of pyridine rings is 1. The van der Waals surface area contributed by atoms with Crippen LogP contribution in [0.4, 0.5) is 0 Å². The van der Waals surface area contributed by atoms with Crippen LogP contribution in [0, 0.1) is 18.8 Å². The van der Waals surface area contributed by atoms with Crippen LogP contribution in [-0.4, -0.2) is 30.3 Å². The second-order valence-electron chi connectivity index (χ2n) is 4.12. The third-order valence-electron chi connectivity index (χ3n) is 2.46. The maximum Gasteiger partial charge on any atom is 0.242 e. The van der Waals surface area contributed by atoms with E-state index in [9.17, 15) is 8.42 Å². The molecule has 2 aromatic heterocycles. The van der Waals surface area contributed by atoms with Gasteiger partial charge in [-0.15, -0.1) is 0 Å². The molecular weight excluding hydrogens is 294 g/mol. The molecule has 7 nitrogen and oxygen atoms in total. The van der Waals surface area contributed by atoms with Gasteiger partial charge in [-0.2, -0.15) is 0 Å². The van der Waals surface area contributed by atoms with Gasteiger partial charge in [0, 0.05) is 24.0 Å². The Hall–Kier alpha value is -2.21. The van der Waals surface area contributed by atoms with Gasteiger partial charge in [-0.25, -0.2) is 13.1 Å². The third-order valence-corrected chi connectivity index (χ3v) is 3.82. The van der Waals surface area contributed by atoms with Crippen molar-refractivity contribution >= 4 is 10.0 Å². The van der Waals surface area contributed by atoms with Gasteiger partial charge in [0.05, 0.1) is 12.2 Å². The SMILES string of the molecule is Cc1cc(CNS(=O)(=O)c2cncc(C#CCO)c2)no1. The van der Waals surface area contributed by atoms with E-state index in [1.54, 1.807) is 13.0 Å². The van der Waals surface area contributed by atoms with E-state index in [0.717, 1.165) is 0 Å². The molecule has 0 bridgehead atoms. The Morgan fingerprint density at radius 1 is 1.38 bits per heavy atom. The van der Waals surface area contributed by atoms with Crippen LogP contribution < -0.4 is 4.72 Å². The molecule has 0 fully saturated rings. The van der Waals surface area contributed by atoms with Crippen molar-refractivity contribution < 1.29 is 18.0 Å². The zero-order chi connectivity index (χ0) is 15.3. The van der Waals surface area contributed by atoms with Gasteiger partial charge < -0.3 is 9.63 Å². The monoisotopic (exact) mass is 307 g/mol. The lowest BCUT2D eigenvalue weighted by atomic mass is 10.3. The number of aromatic nitrogens is 2. The molecule has 0 aromatic carbocycles. The van der Waals surface area contributed by atoms with Crippen LogP contribution in [0.25, 0.3) is 0 Å². The Morgan fingerprint density at radius 3 is 2.86 bits per heavy atom. The summed E-state index contributed by atoms with van der Waals surface area (Å²) in [4.78, 5) is 3.82. The van der Waals surface area contributed by atoms with Gasteiger partial charge in [-0.1, -0.05) is 17.0 Å². The quantitative estimate of drug-likeness (QED) is 0.782. The molecule has 2 heterocycles. The molecule has 0 aliphatic rings. The van der Waals surface area contributed by atoms with Gasteiger partial charge in [-0.05, 0) is 13.0 Å². The molecule has 0 amide bonds. The average molecular weight is 307 g/mol. The molecule has 110 valence electrons. The number of hydrogen-bond acceptors (Lipinski definition) is 6. The highest BCUT2D eigenvalue weighted by Crippen LogP contribution is 2.10. The number of aryl methyl sites for hydroxylation is 1. The zero-order valence-corrected chi connectivity index (χ0v) is 12.0. The van der Waals surface area contributed by atoms with Gasteiger partial charge in [0.15, 0.2) is 0 Å². The lowest BCUT2D eigenvalue weighted by Crippen LogP contribution is -2.23. The van der Waals surface area contributed by atoms with E-state index in [1.165, 1.54) is 18.5 Å². The molecule has 2 rings (SSSR count). The van der Waals surface area contributed by atoms with Crippen molar-refractivity contribution in [2.45, 2.75) is 18.4 Å². The van der Waals surface area contributed by atoms with E-state index in [4.69, 9.17) is 9.63 Å². The maximum absolute atomic E-state index is 12.1. The summed E-state index contributed by atoms with van der Waals surface area (Å²) in [5, 5.41) is 12.3. The zero-order valence-electron chi connectivity index (χ0n) is 11.2. The number of hydrogen-bond donors (Lipinski definition) is 2. The molecule has 0 spiro atoms. The van der Waals surface area contributed by atoms with Gasteiger partial charge in [0.25, 0.3) is 0 Å². The maximum atomic E-state index is 12.1. The molecule has 0 saturated carbocycles. The fourth-order valence-corrected chi connectivity index (χ4v) is 2.52. The highest BCUT2D eigenvalue weighted by Gasteiger charge is 2.15. The summed E-state index contributed by atoms with van der Waals surface area (Å²) < 4.78 is 31.5. The van der Waals surface area contributed by atoms with E-state index in [0.29, 0.717) is 17.0 Å². The fraction of sp³-hybridized carbons (Fsp3) is 0.231. The van der Waals surface area contributed by atoms with E-state index >= 15 is 0 Å². The molecule has 2 N–H and O–H groups in total. The summed E-state index contributed by atoms with van der Waals surface area (Å²) in [6.45, 7) is 1.44. The summed E-state index contributed by atoms with van der Waals surface area (Å²) in [6, 6.07) is 3.02. The summed E-state index contributed by atoms with van der Waals surface area (Å²) in [5.41, 5.74) is 0.893. The predicted molar refractivity (Wildman–Crippen MR) is 73.5 cm³/mol. The Balaban J connectivity index is 2.15. The van der Waals surface area contributed by atoms with Crippen molar-refractivity contribution in [3.05, 3.63) is 41.5 Å². The molecule has 21 heavy (non-hydrogen) atoms. The lowest BCUT2D eigenvalue weighted by Gasteiger charge is -2.04. The van der Waals surface area contributed by atoms with Crippen molar-refractivity contribution in [1.82, 2.24) is 14.9 Å². The number of nitrogens with zero attached hydrogens (tertiary/aromatic N) is 2. The minimum absolute atomic E-state index is 0.00698. The molecule has 2 aromatic rings. The van der Waals surface area contributed by atoms with Crippen LogP contribution >= 0.6 is 0 Å². The highest BCUT2D eigenvalue weighted by molar-refractivity contribution is 7.89. The molecule has 0 saturated heterocycles. The predicted octanol–water partition coefficient (Wildman–Crippen LogP) is 0.200. The number of nitrogens with one attached hydrogen (secondary N) is 1. The molecule has 8 heteroatoms. The van der Waals surface area contributed by atoms with E-state index in [1.807, 2.05) is 0 Å².